The van der Waals surface area contributed by atoms with Gasteiger partial charge in [-0.15, -0.1) is 0 Å². The molecule has 0 radical (unpaired) electrons. The van der Waals surface area contributed by atoms with E-state index in [1.807, 2.05) is 0 Å². The van der Waals surface area contributed by atoms with Crippen molar-refractivity contribution in [2.24, 2.45) is 46.8 Å². The highest BCUT2D eigenvalue weighted by Gasteiger charge is 2.62. The molecule has 3 unspecified atom stereocenters. The fraction of sp³-hybridized carbons (Fsp3) is 0.750. The lowest BCUT2D eigenvalue weighted by Gasteiger charge is -2.37. The van der Waals surface area contributed by atoms with Crippen LogP contribution in [0.25, 0.3) is 0 Å². The van der Waals surface area contributed by atoms with Crippen LogP contribution in [0, 0.1) is 46.8 Å². The van der Waals surface area contributed by atoms with E-state index in [9.17, 15) is 4.79 Å². The van der Waals surface area contributed by atoms with Gasteiger partial charge in [-0.2, -0.15) is 0 Å². The molecule has 0 saturated heterocycles. The first-order valence-electron chi connectivity index (χ1n) is 8.75. The summed E-state index contributed by atoms with van der Waals surface area (Å²) in [6, 6.07) is 0. The summed E-state index contributed by atoms with van der Waals surface area (Å²) in [5.74, 6) is 4.52. The van der Waals surface area contributed by atoms with E-state index in [-0.39, 0.29) is 5.92 Å². The van der Waals surface area contributed by atoms with Crippen molar-refractivity contribution in [3.05, 3.63) is 23.3 Å². The van der Waals surface area contributed by atoms with Gasteiger partial charge < -0.3 is 0 Å². The van der Waals surface area contributed by atoms with E-state index < -0.39 is 0 Å². The van der Waals surface area contributed by atoms with Crippen molar-refractivity contribution in [3.8, 4) is 0 Å². The van der Waals surface area contributed by atoms with Crippen LogP contribution in [-0.2, 0) is 4.79 Å². The minimum absolute atomic E-state index is 0.288. The van der Waals surface area contributed by atoms with Gasteiger partial charge in [0.25, 0.3) is 0 Å². The van der Waals surface area contributed by atoms with Crippen molar-refractivity contribution in [3.63, 3.8) is 0 Å². The second-order valence-corrected chi connectivity index (χ2v) is 8.86. The van der Waals surface area contributed by atoms with E-state index in [2.05, 4.69) is 46.8 Å². The van der Waals surface area contributed by atoms with Crippen LogP contribution in [-0.4, -0.2) is 5.78 Å². The van der Waals surface area contributed by atoms with E-state index in [4.69, 9.17) is 0 Å². The Labute approximate surface area is 128 Å². The number of rotatable bonds is 0. The summed E-state index contributed by atoms with van der Waals surface area (Å²) in [4.78, 5) is 12.6. The maximum Gasteiger partial charge on any atom is 0.139 e. The van der Waals surface area contributed by atoms with Gasteiger partial charge in [0.05, 0.1) is 0 Å². The summed E-state index contributed by atoms with van der Waals surface area (Å²) in [5.41, 5.74) is 3.56. The lowest BCUT2D eigenvalue weighted by Crippen LogP contribution is -2.33. The number of hydrogen-bond donors (Lipinski definition) is 0. The van der Waals surface area contributed by atoms with Gasteiger partial charge >= 0.3 is 0 Å². The second-order valence-electron chi connectivity index (χ2n) is 8.86. The van der Waals surface area contributed by atoms with Crippen LogP contribution in [0.15, 0.2) is 23.3 Å². The molecule has 4 aliphatic rings. The first-order chi connectivity index (χ1) is 9.82. The zero-order valence-electron chi connectivity index (χ0n) is 14.0. The van der Waals surface area contributed by atoms with E-state index in [0.29, 0.717) is 40.8 Å². The highest BCUT2D eigenvalue weighted by atomic mass is 16.1. The van der Waals surface area contributed by atoms with Gasteiger partial charge in [-0.3, -0.25) is 4.79 Å². The highest BCUT2D eigenvalue weighted by Crippen LogP contribution is 2.69. The molecule has 4 rings (SSSR count). The largest absolute Gasteiger partial charge is 0.299 e. The zero-order valence-corrected chi connectivity index (χ0v) is 14.0. The van der Waals surface area contributed by atoms with Crippen molar-refractivity contribution in [2.45, 2.75) is 47.5 Å². The summed E-state index contributed by atoms with van der Waals surface area (Å²) in [6.45, 7) is 11.6. The summed E-state index contributed by atoms with van der Waals surface area (Å²) < 4.78 is 0. The number of carbonyl (C=O) groups excluding carboxylic acids is 1. The normalized spacial score (nSPS) is 50.3. The molecule has 0 aromatic rings. The van der Waals surface area contributed by atoms with Gasteiger partial charge in [-0.05, 0) is 54.8 Å². The summed E-state index contributed by atoms with van der Waals surface area (Å²) in [6.07, 6.45) is 7.27. The molecule has 0 spiro atoms. The van der Waals surface area contributed by atoms with Crippen LogP contribution in [0.5, 0.6) is 0 Å². The van der Waals surface area contributed by atoms with Gasteiger partial charge in [0.15, 0.2) is 0 Å². The first-order valence-corrected chi connectivity index (χ1v) is 8.75. The Balaban J connectivity index is 1.78. The number of hydrogen-bond acceptors (Lipinski definition) is 1. The van der Waals surface area contributed by atoms with E-state index in [1.165, 1.54) is 5.57 Å². The van der Waals surface area contributed by atoms with Crippen molar-refractivity contribution in [1.29, 1.82) is 0 Å². The van der Waals surface area contributed by atoms with Gasteiger partial charge in [-0.25, -0.2) is 0 Å². The third-order valence-corrected chi connectivity index (χ3v) is 7.16. The smallest absolute Gasteiger partial charge is 0.139 e. The lowest BCUT2D eigenvalue weighted by atomic mass is 9.67. The third-order valence-electron chi connectivity index (χ3n) is 7.16. The summed E-state index contributed by atoms with van der Waals surface area (Å²) in [7, 11) is 0. The number of ketones is 1. The first kappa shape index (κ1) is 13.8. The van der Waals surface area contributed by atoms with Crippen molar-refractivity contribution >= 4 is 5.78 Å². The lowest BCUT2D eigenvalue weighted by molar-refractivity contribution is -0.124. The monoisotopic (exact) mass is 284 g/mol. The molecule has 7 atom stereocenters. The predicted octanol–water partition coefficient (Wildman–Crippen LogP) is 4.64. The molecule has 0 bridgehead atoms. The van der Waals surface area contributed by atoms with Crippen LogP contribution in [0.3, 0.4) is 0 Å². The molecule has 0 heterocycles. The molecule has 114 valence electrons. The fourth-order valence-corrected chi connectivity index (χ4v) is 6.16. The van der Waals surface area contributed by atoms with Gasteiger partial charge in [0.1, 0.15) is 5.78 Å². The molecule has 0 aliphatic heterocycles. The highest BCUT2D eigenvalue weighted by molar-refractivity contribution is 5.86. The Hall–Kier alpha value is -0.850. The fourth-order valence-electron chi connectivity index (χ4n) is 6.16. The molecule has 1 heteroatoms. The molecule has 0 amide bonds. The van der Waals surface area contributed by atoms with E-state index in [1.54, 1.807) is 5.57 Å². The topological polar surface area (TPSA) is 17.1 Å². The van der Waals surface area contributed by atoms with Crippen molar-refractivity contribution in [1.82, 2.24) is 0 Å². The Bertz CT molecular complexity index is 564. The van der Waals surface area contributed by atoms with Crippen LogP contribution >= 0.6 is 0 Å². The Morgan fingerprint density at radius 3 is 2.62 bits per heavy atom. The minimum Gasteiger partial charge on any atom is -0.299 e. The molecule has 2 fully saturated rings. The SMILES string of the molecule is CC1=C[C@@H]2C([C@@H]3CC(C)C(=O)C3C1)[C@H](C)C=C1[C@@H]2C1(C)C. The van der Waals surface area contributed by atoms with Crippen LogP contribution in [0.1, 0.15) is 47.5 Å². The summed E-state index contributed by atoms with van der Waals surface area (Å²) >= 11 is 0. The van der Waals surface area contributed by atoms with E-state index in [0.717, 1.165) is 18.8 Å². The van der Waals surface area contributed by atoms with Crippen molar-refractivity contribution in [2.75, 3.05) is 0 Å². The number of carbonyl (C=O) groups is 1. The van der Waals surface area contributed by atoms with Gasteiger partial charge in [0.2, 0.25) is 0 Å². The molecule has 0 aromatic heterocycles. The molecular weight excluding hydrogens is 256 g/mol. The zero-order chi connectivity index (χ0) is 15.1. The van der Waals surface area contributed by atoms with Crippen LogP contribution < -0.4 is 0 Å². The molecule has 1 nitrogen and oxygen atoms in total. The maximum atomic E-state index is 12.6. The average molecular weight is 284 g/mol. The molecular formula is C20H28O. The predicted molar refractivity (Wildman–Crippen MR) is 85.6 cm³/mol. The standard InChI is InChI=1S/C20H28O/c1-10-6-14-13(8-12(3)19(14)21)17-11(2)9-16-18(15(17)7-10)20(16,4)5/h7,9,11-15,17-18H,6,8H2,1-5H3/t11-,12?,13-,14?,15-,17?,18-/m1/s1. The quantitative estimate of drug-likeness (QED) is 0.592. The van der Waals surface area contributed by atoms with Crippen LogP contribution in [0.4, 0.5) is 0 Å². The molecule has 0 aromatic carbocycles. The van der Waals surface area contributed by atoms with Gasteiger partial charge in [-0.1, -0.05) is 51.0 Å². The minimum atomic E-state index is 0.288. The number of fused-ring (bicyclic) bond motifs is 5. The number of allylic oxidation sites excluding steroid dienone is 4. The van der Waals surface area contributed by atoms with Gasteiger partial charge in [0, 0.05) is 11.8 Å². The molecule has 0 N–H and O–H groups in total. The number of Topliss-reactive ketones (excluding diaryl/α,β-unsaturated/α-hetero) is 1. The molecule has 21 heavy (non-hydrogen) atoms. The average Bonchev–Trinajstić information content (AvgIpc) is 2.88. The van der Waals surface area contributed by atoms with Crippen molar-refractivity contribution < 1.29 is 4.79 Å². The Morgan fingerprint density at radius 1 is 1.19 bits per heavy atom. The summed E-state index contributed by atoms with van der Waals surface area (Å²) in [5, 5.41) is 0. The Kier molecular flexibility index (Phi) is 2.70. The molecule has 4 aliphatic carbocycles. The molecule has 2 saturated carbocycles. The van der Waals surface area contributed by atoms with E-state index >= 15 is 0 Å². The van der Waals surface area contributed by atoms with Crippen LogP contribution in [0.2, 0.25) is 0 Å². The maximum absolute atomic E-state index is 12.6. The third kappa shape index (κ3) is 1.72. The Morgan fingerprint density at radius 2 is 1.90 bits per heavy atom. The second kappa shape index (κ2) is 4.12.